The van der Waals surface area contributed by atoms with Crippen molar-refractivity contribution in [2.24, 2.45) is 5.92 Å². The van der Waals surface area contributed by atoms with Crippen LogP contribution in [0, 0.1) is 5.92 Å². The Morgan fingerprint density at radius 1 is 1.00 bits per heavy atom. The Hall–Kier alpha value is -3.54. The molecule has 3 atom stereocenters. The van der Waals surface area contributed by atoms with Crippen LogP contribution in [0.5, 0.6) is 17.2 Å². The molecule has 5 rings (SSSR count). The molecule has 3 aromatic rings. The second-order valence-corrected chi connectivity index (χ2v) is 8.94. The van der Waals surface area contributed by atoms with Gasteiger partial charge in [0.15, 0.2) is 11.5 Å². The molecule has 1 aromatic heterocycles. The van der Waals surface area contributed by atoms with Crippen LogP contribution in [0.15, 0.2) is 54.6 Å². The van der Waals surface area contributed by atoms with Crippen LogP contribution >= 0.6 is 0 Å². The largest absolute Gasteiger partial charge is 0.497 e. The molecule has 0 saturated heterocycles. The van der Waals surface area contributed by atoms with E-state index in [1.165, 1.54) is 0 Å². The zero-order valence-corrected chi connectivity index (χ0v) is 19.5. The van der Waals surface area contributed by atoms with Crippen molar-refractivity contribution < 1.29 is 24.1 Å². The molecule has 1 aliphatic carbocycles. The van der Waals surface area contributed by atoms with Gasteiger partial charge in [-0.15, -0.1) is 0 Å². The number of aryl methyl sites for hydroxylation is 1. The molecule has 0 spiro atoms. The molecule has 0 unspecified atom stereocenters. The van der Waals surface area contributed by atoms with Crippen molar-refractivity contribution in [1.82, 2.24) is 4.98 Å². The van der Waals surface area contributed by atoms with Gasteiger partial charge >= 0.3 is 5.97 Å². The van der Waals surface area contributed by atoms with E-state index in [1.54, 1.807) is 7.11 Å². The van der Waals surface area contributed by atoms with Gasteiger partial charge in [0.1, 0.15) is 5.75 Å². The molecule has 0 saturated carbocycles. The smallest absolute Gasteiger partial charge is 0.308 e. The van der Waals surface area contributed by atoms with E-state index in [9.17, 15) is 9.90 Å². The SMILES string of the molecule is CCCCCc1ccc2c(n1)[C@@H](c1ccc(OC)cc1)[C@H](C(=O)O)[C@H]2c1ccc2c(c1)OCO2. The summed E-state index contributed by atoms with van der Waals surface area (Å²) in [5, 5.41) is 10.5. The highest BCUT2D eigenvalue weighted by molar-refractivity contribution is 5.77. The maximum atomic E-state index is 12.8. The average Bonchev–Trinajstić information content (AvgIpc) is 3.46. The lowest BCUT2D eigenvalue weighted by Gasteiger charge is -2.22. The summed E-state index contributed by atoms with van der Waals surface area (Å²) in [6, 6.07) is 17.5. The number of ether oxygens (including phenoxy) is 3. The van der Waals surface area contributed by atoms with Gasteiger partial charge in [-0.05, 0) is 59.9 Å². The summed E-state index contributed by atoms with van der Waals surface area (Å²) < 4.78 is 16.4. The first-order valence-electron chi connectivity index (χ1n) is 11.9. The number of rotatable bonds is 8. The molecular weight excluding hydrogens is 430 g/mol. The minimum absolute atomic E-state index is 0.180. The summed E-state index contributed by atoms with van der Waals surface area (Å²) in [5.74, 6) is -0.157. The highest BCUT2D eigenvalue weighted by Crippen LogP contribution is 2.53. The first kappa shape index (κ1) is 22.3. The van der Waals surface area contributed by atoms with Crippen molar-refractivity contribution in [2.75, 3.05) is 13.9 Å². The number of carboxylic acid groups (broad SMARTS) is 1. The molecule has 34 heavy (non-hydrogen) atoms. The molecular formula is C28H29NO5. The number of carboxylic acids is 1. The van der Waals surface area contributed by atoms with E-state index in [2.05, 4.69) is 19.1 Å². The number of methoxy groups -OCH3 is 1. The van der Waals surface area contributed by atoms with E-state index in [4.69, 9.17) is 19.2 Å². The van der Waals surface area contributed by atoms with E-state index < -0.39 is 11.9 Å². The summed E-state index contributed by atoms with van der Waals surface area (Å²) in [6.45, 7) is 2.36. The van der Waals surface area contributed by atoms with Crippen LogP contribution in [0.25, 0.3) is 0 Å². The van der Waals surface area contributed by atoms with Gasteiger partial charge in [0.25, 0.3) is 0 Å². The highest BCUT2D eigenvalue weighted by Gasteiger charge is 2.48. The number of benzene rings is 2. The van der Waals surface area contributed by atoms with E-state index in [-0.39, 0.29) is 18.6 Å². The Bertz CT molecular complexity index is 1190. The van der Waals surface area contributed by atoms with Crippen LogP contribution < -0.4 is 14.2 Å². The Labute approximate surface area is 199 Å². The van der Waals surface area contributed by atoms with Gasteiger partial charge in [0.2, 0.25) is 6.79 Å². The van der Waals surface area contributed by atoms with Gasteiger partial charge in [-0.25, -0.2) is 0 Å². The molecule has 1 N–H and O–H groups in total. The Kier molecular flexibility index (Phi) is 6.14. The summed E-state index contributed by atoms with van der Waals surface area (Å²) in [5.41, 5.74) is 4.66. The van der Waals surface area contributed by atoms with Gasteiger partial charge in [0.05, 0.1) is 18.7 Å². The van der Waals surface area contributed by atoms with E-state index in [0.717, 1.165) is 59.5 Å². The first-order valence-corrected chi connectivity index (χ1v) is 11.9. The maximum Gasteiger partial charge on any atom is 0.308 e. The van der Waals surface area contributed by atoms with E-state index >= 15 is 0 Å². The molecule has 2 aromatic carbocycles. The lowest BCUT2D eigenvalue weighted by Crippen LogP contribution is -2.24. The molecule has 0 fully saturated rings. The predicted octanol–water partition coefficient (Wildman–Crippen LogP) is 5.53. The minimum atomic E-state index is -0.839. The van der Waals surface area contributed by atoms with Crippen LogP contribution in [0.4, 0.5) is 0 Å². The number of aliphatic carboxylic acids is 1. The van der Waals surface area contributed by atoms with E-state index in [0.29, 0.717) is 11.5 Å². The Morgan fingerprint density at radius 2 is 1.76 bits per heavy atom. The van der Waals surface area contributed by atoms with Crippen molar-refractivity contribution in [1.29, 1.82) is 0 Å². The Morgan fingerprint density at radius 3 is 2.50 bits per heavy atom. The molecule has 2 heterocycles. The van der Waals surface area contributed by atoms with Crippen LogP contribution in [-0.4, -0.2) is 30.0 Å². The normalized spacial score (nSPS) is 20.2. The maximum absolute atomic E-state index is 12.8. The second kappa shape index (κ2) is 9.37. The fraction of sp³-hybridized carbons (Fsp3) is 0.357. The van der Waals surface area contributed by atoms with Crippen LogP contribution in [0.3, 0.4) is 0 Å². The van der Waals surface area contributed by atoms with Gasteiger partial charge in [0, 0.05) is 17.5 Å². The van der Waals surface area contributed by atoms with Crippen LogP contribution in [0.1, 0.15) is 66.1 Å². The molecule has 0 amide bonds. The fourth-order valence-corrected chi connectivity index (χ4v) is 5.25. The number of pyridine rings is 1. The van der Waals surface area contributed by atoms with Crippen molar-refractivity contribution in [3.63, 3.8) is 0 Å². The fourth-order valence-electron chi connectivity index (χ4n) is 5.25. The lowest BCUT2D eigenvalue weighted by atomic mass is 9.80. The molecule has 6 heteroatoms. The zero-order chi connectivity index (χ0) is 23.7. The summed E-state index contributed by atoms with van der Waals surface area (Å²) in [6.07, 6.45) is 4.26. The topological polar surface area (TPSA) is 77.9 Å². The van der Waals surface area contributed by atoms with Crippen molar-refractivity contribution in [3.8, 4) is 17.2 Å². The van der Waals surface area contributed by atoms with Crippen LogP contribution in [0.2, 0.25) is 0 Å². The number of hydrogen-bond donors (Lipinski definition) is 1. The number of aromatic nitrogens is 1. The summed E-state index contributed by atoms with van der Waals surface area (Å²) >= 11 is 0. The molecule has 6 nitrogen and oxygen atoms in total. The number of hydrogen-bond acceptors (Lipinski definition) is 5. The molecule has 1 aliphatic heterocycles. The lowest BCUT2D eigenvalue weighted by molar-refractivity contribution is -0.142. The van der Waals surface area contributed by atoms with Gasteiger partial charge in [-0.3, -0.25) is 9.78 Å². The number of unbranched alkanes of at least 4 members (excludes halogenated alkanes) is 2. The third-order valence-electron chi connectivity index (χ3n) is 6.92. The number of fused-ring (bicyclic) bond motifs is 2. The van der Waals surface area contributed by atoms with Gasteiger partial charge in [-0.1, -0.05) is 44.0 Å². The van der Waals surface area contributed by atoms with E-state index in [1.807, 2.05) is 42.5 Å². The predicted molar refractivity (Wildman–Crippen MR) is 128 cm³/mol. The Balaban J connectivity index is 1.63. The third kappa shape index (κ3) is 3.98. The standard InChI is InChI=1S/C28H29NO5/c1-3-4-5-6-19-10-13-21-24(18-9-14-22-23(15-18)34-16-33-22)26(28(30)31)25(27(21)29-19)17-7-11-20(32-2)12-8-17/h7-15,24-26H,3-6,16H2,1-2H3,(H,30,31)/t24-,25-,26+/m0/s1. The highest BCUT2D eigenvalue weighted by atomic mass is 16.7. The summed E-state index contributed by atoms with van der Waals surface area (Å²) in [7, 11) is 1.62. The third-order valence-corrected chi connectivity index (χ3v) is 6.92. The van der Waals surface area contributed by atoms with Crippen molar-refractivity contribution in [3.05, 3.63) is 82.7 Å². The average molecular weight is 460 g/mol. The molecule has 0 radical (unpaired) electrons. The van der Waals surface area contributed by atoms with Gasteiger partial charge in [-0.2, -0.15) is 0 Å². The zero-order valence-electron chi connectivity index (χ0n) is 19.5. The molecule has 0 bridgehead atoms. The van der Waals surface area contributed by atoms with Crippen molar-refractivity contribution >= 4 is 5.97 Å². The summed E-state index contributed by atoms with van der Waals surface area (Å²) in [4.78, 5) is 17.8. The van der Waals surface area contributed by atoms with Gasteiger partial charge < -0.3 is 19.3 Å². The van der Waals surface area contributed by atoms with Crippen LogP contribution in [-0.2, 0) is 11.2 Å². The molecule has 2 aliphatic rings. The minimum Gasteiger partial charge on any atom is -0.497 e. The molecule has 176 valence electrons. The number of nitrogens with zero attached hydrogens (tertiary/aromatic N) is 1. The number of carbonyl (C=O) groups is 1. The monoisotopic (exact) mass is 459 g/mol. The quantitative estimate of drug-likeness (QED) is 0.446. The van der Waals surface area contributed by atoms with Crippen molar-refractivity contribution in [2.45, 2.75) is 44.4 Å². The second-order valence-electron chi connectivity index (χ2n) is 8.94. The first-order chi connectivity index (χ1) is 16.6.